The van der Waals surface area contributed by atoms with E-state index in [0.717, 1.165) is 0 Å². The fourth-order valence-electron chi connectivity index (χ4n) is 1.53. The maximum atomic E-state index is 10.4. The Morgan fingerprint density at radius 3 is 2.18 bits per heavy atom. The molecule has 9 heteroatoms. The molecule has 6 atom stereocenters. The molecule has 0 aromatic carbocycles. The number of aliphatic hydroxyl groups excluding tert-OH is 5. The third kappa shape index (κ3) is 3.60. The zero-order valence-electron chi connectivity index (χ0n) is 9.13. The van der Waals surface area contributed by atoms with Gasteiger partial charge < -0.3 is 40.2 Å². The van der Waals surface area contributed by atoms with Gasteiger partial charge in [0.05, 0.1) is 12.6 Å². The number of aliphatic carboxylic acids is 1. The summed E-state index contributed by atoms with van der Waals surface area (Å²) in [5.74, 6) is -1.88. The molecule has 0 aromatic heterocycles. The molecule has 0 bridgehead atoms. The molecule has 0 aliphatic carbocycles. The molecule has 17 heavy (non-hydrogen) atoms. The monoisotopic (exact) mass is 260 g/mol. The maximum absolute atomic E-state index is 10.4. The van der Waals surface area contributed by atoms with E-state index in [1.807, 2.05) is 0 Å². The Morgan fingerprint density at radius 1 is 1.24 bits per heavy atom. The average molecular weight is 260 g/mol. The summed E-state index contributed by atoms with van der Waals surface area (Å²) in [5, 5.41) is 56.3. The second-order valence-electron chi connectivity index (χ2n) is 3.56. The van der Waals surface area contributed by atoms with E-state index in [4.69, 9.17) is 14.9 Å². The summed E-state index contributed by atoms with van der Waals surface area (Å²) in [4.78, 5) is 10.4. The van der Waals surface area contributed by atoms with Crippen molar-refractivity contribution in [1.29, 1.82) is 0 Å². The number of aliphatic hydroxyl groups is 5. The number of hydrogen-bond acceptors (Lipinski definition) is 8. The smallest absolute Gasteiger partial charge is 0.547 e. The van der Waals surface area contributed by atoms with Crippen molar-refractivity contribution in [3.8, 4) is 0 Å². The third-order valence-electron chi connectivity index (χ3n) is 2.48. The molecule has 0 radical (unpaired) electrons. The van der Waals surface area contributed by atoms with Gasteiger partial charge in [-0.1, -0.05) is 0 Å². The Kier molecular flexibility index (Phi) is 7.07. The van der Waals surface area contributed by atoms with Crippen molar-refractivity contribution in [2.75, 3.05) is 6.61 Å². The molecule has 0 spiro atoms. The van der Waals surface area contributed by atoms with Gasteiger partial charge in [-0.05, 0) is 0 Å². The molecule has 0 saturated carbocycles. The van der Waals surface area contributed by atoms with Crippen molar-refractivity contribution in [3.63, 3.8) is 0 Å². The van der Waals surface area contributed by atoms with Gasteiger partial charge in [-0.2, -0.15) is 0 Å². The SMILES string of the molecule is O=C([O-])C(O)C1O[C@H](CO)[C@H](O)[C@H](O)C1O.[Na+]. The zero-order valence-corrected chi connectivity index (χ0v) is 11.1. The van der Waals surface area contributed by atoms with E-state index in [9.17, 15) is 25.2 Å². The molecule has 1 fully saturated rings. The molecular formula is C8H13NaO8. The topological polar surface area (TPSA) is 151 Å². The fourth-order valence-corrected chi connectivity index (χ4v) is 1.53. The van der Waals surface area contributed by atoms with Crippen molar-refractivity contribution in [2.24, 2.45) is 0 Å². The van der Waals surface area contributed by atoms with Gasteiger partial charge in [0.15, 0.2) is 0 Å². The van der Waals surface area contributed by atoms with Crippen LogP contribution in [0.1, 0.15) is 0 Å². The van der Waals surface area contributed by atoms with E-state index < -0.39 is 49.2 Å². The van der Waals surface area contributed by atoms with Crippen LogP contribution in [0.2, 0.25) is 0 Å². The number of ether oxygens (including phenoxy) is 1. The Hall–Kier alpha value is 0.230. The Balaban J connectivity index is 0.00000256. The normalized spacial score (nSPS) is 39.2. The van der Waals surface area contributed by atoms with Gasteiger partial charge >= 0.3 is 29.6 Å². The number of carbonyl (C=O) groups excluding carboxylic acids is 1. The molecule has 0 amide bonds. The van der Waals surface area contributed by atoms with Crippen LogP contribution in [-0.2, 0) is 9.53 Å². The summed E-state index contributed by atoms with van der Waals surface area (Å²) in [5.41, 5.74) is 0. The summed E-state index contributed by atoms with van der Waals surface area (Å²) in [6, 6.07) is 0. The van der Waals surface area contributed by atoms with Crippen molar-refractivity contribution in [2.45, 2.75) is 36.6 Å². The van der Waals surface area contributed by atoms with E-state index in [-0.39, 0.29) is 29.6 Å². The Labute approximate surface area is 119 Å². The number of hydrogen-bond donors (Lipinski definition) is 5. The number of carboxylic acid groups (broad SMARTS) is 1. The quantitative estimate of drug-likeness (QED) is 0.314. The summed E-state index contributed by atoms with van der Waals surface area (Å²) in [7, 11) is 0. The first-order valence-corrected chi connectivity index (χ1v) is 4.59. The first-order chi connectivity index (χ1) is 7.40. The van der Waals surface area contributed by atoms with Crippen LogP contribution in [-0.4, -0.2) is 74.7 Å². The minimum absolute atomic E-state index is 0. The number of carboxylic acids is 1. The van der Waals surface area contributed by atoms with Gasteiger partial charge in [-0.25, -0.2) is 0 Å². The largest absolute Gasteiger partial charge is 1.00 e. The molecule has 5 N–H and O–H groups in total. The maximum Gasteiger partial charge on any atom is 1.00 e. The van der Waals surface area contributed by atoms with E-state index in [2.05, 4.69) is 0 Å². The third-order valence-corrected chi connectivity index (χ3v) is 2.48. The summed E-state index contributed by atoms with van der Waals surface area (Å²) in [6.07, 6.45) is -10.2. The molecule has 1 saturated heterocycles. The molecular weight excluding hydrogens is 247 g/mol. The second-order valence-corrected chi connectivity index (χ2v) is 3.56. The van der Waals surface area contributed by atoms with Crippen molar-refractivity contribution in [3.05, 3.63) is 0 Å². The number of rotatable bonds is 3. The Bertz CT molecular complexity index is 260. The zero-order chi connectivity index (χ0) is 12.5. The van der Waals surface area contributed by atoms with E-state index >= 15 is 0 Å². The molecule has 8 nitrogen and oxygen atoms in total. The fraction of sp³-hybridized carbons (Fsp3) is 0.875. The van der Waals surface area contributed by atoms with Crippen molar-refractivity contribution < 1.29 is 69.7 Å². The first-order valence-electron chi connectivity index (χ1n) is 4.59. The van der Waals surface area contributed by atoms with Gasteiger partial charge in [0.1, 0.15) is 36.6 Å². The summed E-state index contributed by atoms with van der Waals surface area (Å²) in [6.45, 7) is -0.693. The molecule has 1 rings (SSSR count). The van der Waals surface area contributed by atoms with Gasteiger partial charge in [-0.15, -0.1) is 0 Å². The Morgan fingerprint density at radius 2 is 1.76 bits per heavy atom. The minimum atomic E-state index is -2.16. The van der Waals surface area contributed by atoms with Crippen molar-refractivity contribution in [1.82, 2.24) is 0 Å². The second kappa shape index (κ2) is 6.98. The molecule has 1 heterocycles. The standard InChI is InChI=1S/C8H14O8.Na/c9-1-2-3(10)4(11)5(12)7(16-2)6(13)8(14)15;/h2-7,9-13H,1H2,(H,14,15);/q;+1/p-1/t2-,3+,4+,5?,6?,7?;/m1./s1. The summed E-state index contributed by atoms with van der Waals surface area (Å²) >= 11 is 0. The molecule has 0 aromatic rings. The number of carbonyl (C=O) groups is 1. The van der Waals surface area contributed by atoms with Crippen LogP contribution < -0.4 is 34.7 Å². The van der Waals surface area contributed by atoms with Gasteiger partial charge in [0.25, 0.3) is 0 Å². The van der Waals surface area contributed by atoms with Crippen LogP contribution >= 0.6 is 0 Å². The predicted octanol–water partition coefficient (Wildman–Crippen LogP) is -8.06. The predicted molar refractivity (Wildman–Crippen MR) is 44.8 cm³/mol. The van der Waals surface area contributed by atoms with Gasteiger partial charge in [0, 0.05) is 0 Å². The van der Waals surface area contributed by atoms with Crippen LogP contribution in [0, 0.1) is 0 Å². The van der Waals surface area contributed by atoms with E-state index in [0.29, 0.717) is 0 Å². The van der Waals surface area contributed by atoms with Crippen LogP contribution in [0.15, 0.2) is 0 Å². The van der Waals surface area contributed by atoms with Gasteiger partial charge in [-0.3, -0.25) is 0 Å². The molecule has 1 aliphatic rings. The van der Waals surface area contributed by atoms with Crippen molar-refractivity contribution >= 4 is 5.97 Å². The molecule has 3 unspecified atom stereocenters. The van der Waals surface area contributed by atoms with E-state index in [1.54, 1.807) is 0 Å². The van der Waals surface area contributed by atoms with Crippen LogP contribution in [0.4, 0.5) is 0 Å². The summed E-state index contributed by atoms with van der Waals surface area (Å²) < 4.78 is 4.77. The van der Waals surface area contributed by atoms with Crippen LogP contribution in [0.3, 0.4) is 0 Å². The van der Waals surface area contributed by atoms with Gasteiger partial charge in [0.2, 0.25) is 0 Å². The minimum Gasteiger partial charge on any atom is -0.547 e. The molecule has 94 valence electrons. The van der Waals surface area contributed by atoms with Crippen LogP contribution in [0.5, 0.6) is 0 Å². The average Bonchev–Trinajstić information content (AvgIpc) is 2.25. The molecule has 1 aliphatic heterocycles. The first kappa shape index (κ1) is 17.2. The van der Waals surface area contributed by atoms with E-state index in [1.165, 1.54) is 0 Å². The van der Waals surface area contributed by atoms with Crippen LogP contribution in [0.25, 0.3) is 0 Å².